The van der Waals surface area contributed by atoms with Crippen LogP contribution in [0.2, 0.25) is 0 Å². The number of anilines is 1. The van der Waals surface area contributed by atoms with Gasteiger partial charge in [0.05, 0.1) is 7.11 Å². The van der Waals surface area contributed by atoms with Crippen molar-refractivity contribution in [3.8, 4) is 5.75 Å². The zero-order chi connectivity index (χ0) is 19.8. The van der Waals surface area contributed by atoms with E-state index in [-0.39, 0.29) is 18.0 Å². The number of benzene rings is 1. The summed E-state index contributed by atoms with van der Waals surface area (Å²) in [5, 5.41) is 3.87. The van der Waals surface area contributed by atoms with E-state index in [1.54, 1.807) is 7.11 Å². The second-order valence-electron chi connectivity index (χ2n) is 6.94. The lowest BCUT2D eigenvalue weighted by atomic mass is 10.1. The molecule has 0 bridgehead atoms. The summed E-state index contributed by atoms with van der Waals surface area (Å²) in [5.74, 6) is 1.70. The molecule has 1 aromatic heterocycles. The van der Waals surface area contributed by atoms with Crippen LogP contribution in [0.5, 0.6) is 5.75 Å². The zero-order valence-electron chi connectivity index (χ0n) is 16.9. The number of carbonyl (C=O) groups is 1. The SMILES string of the molecule is CC[C@H](C)NC(=O)CCN(c1nc(Cc2cccc(OC)c2)ns1)C(C)C. The van der Waals surface area contributed by atoms with Crippen LogP contribution in [0.15, 0.2) is 24.3 Å². The molecule has 1 aromatic carbocycles. The van der Waals surface area contributed by atoms with E-state index >= 15 is 0 Å². The molecule has 1 amide bonds. The molecular formula is C20H30N4O2S. The summed E-state index contributed by atoms with van der Waals surface area (Å²) in [5.41, 5.74) is 1.11. The zero-order valence-corrected chi connectivity index (χ0v) is 17.7. The maximum atomic E-state index is 12.1. The van der Waals surface area contributed by atoms with Crippen LogP contribution in [0, 0.1) is 0 Å². The van der Waals surface area contributed by atoms with Gasteiger partial charge in [0, 0.05) is 43.0 Å². The van der Waals surface area contributed by atoms with Crippen molar-refractivity contribution < 1.29 is 9.53 Å². The van der Waals surface area contributed by atoms with Crippen molar-refractivity contribution in [3.05, 3.63) is 35.7 Å². The highest BCUT2D eigenvalue weighted by Crippen LogP contribution is 2.22. The molecule has 1 atom stereocenters. The summed E-state index contributed by atoms with van der Waals surface area (Å²) in [7, 11) is 1.66. The second kappa shape index (κ2) is 10.3. The number of nitrogens with zero attached hydrogens (tertiary/aromatic N) is 3. The Morgan fingerprint density at radius 1 is 1.33 bits per heavy atom. The van der Waals surface area contributed by atoms with E-state index in [0.29, 0.717) is 19.4 Å². The van der Waals surface area contributed by atoms with Crippen molar-refractivity contribution in [2.45, 2.75) is 59.0 Å². The van der Waals surface area contributed by atoms with Gasteiger partial charge in [-0.25, -0.2) is 4.98 Å². The topological polar surface area (TPSA) is 67.4 Å². The van der Waals surface area contributed by atoms with Crippen LogP contribution in [-0.2, 0) is 11.2 Å². The van der Waals surface area contributed by atoms with E-state index in [4.69, 9.17) is 9.72 Å². The monoisotopic (exact) mass is 390 g/mol. The molecule has 0 saturated heterocycles. The first-order valence-corrected chi connectivity index (χ1v) is 10.2. The van der Waals surface area contributed by atoms with Crippen LogP contribution < -0.4 is 15.0 Å². The molecular weight excluding hydrogens is 360 g/mol. The molecule has 0 radical (unpaired) electrons. The fraction of sp³-hybridized carbons (Fsp3) is 0.550. The molecule has 7 heteroatoms. The fourth-order valence-corrected chi connectivity index (χ4v) is 3.49. The minimum Gasteiger partial charge on any atom is -0.497 e. The molecule has 0 saturated carbocycles. The van der Waals surface area contributed by atoms with Crippen molar-refractivity contribution in [1.29, 1.82) is 0 Å². The summed E-state index contributed by atoms with van der Waals surface area (Å²) < 4.78 is 9.78. The standard InChI is InChI=1S/C20H30N4O2S/c1-6-15(4)21-19(25)10-11-24(14(2)3)20-22-18(23-27-20)13-16-8-7-9-17(12-16)26-5/h7-9,12,14-15H,6,10-11,13H2,1-5H3,(H,21,25)/t15-/m0/s1. The van der Waals surface area contributed by atoms with Gasteiger partial charge in [-0.05, 0) is 44.9 Å². The first kappa shape index (κ1) is 21.2. The fourth-order valence-electron chi connectivity index (χ4n) is 2.64. The van der Waals surface area contributed by atoms with Gasteiger partial charge in [0.2, 0.25) is 11.0 Å². The lowest BCUT2D eigenvalue weighted by Crippen LogP contribution is -2.37. The Kier molecular flexibility index (Phi) is 8.03. The maximum Gasteiger partial charge on any atom is 0.221 e. The number of methoxy groups -OCH3 is 1. The molecule has 0 fully saturated rings. The number of ether oxygens (including phenoxy) is 1. The molecule has 1 N–H and O–H groups in total. The van der Waals surface area contributed by atoms with E-state index < -0.39 is 0 Å². The third-order valence-electron chi connectivity index (χ3n) is 4.42. The van der Waals surface area contributed by atoms with E-state index in [1.807, 2.05) is 31.2 Å². The predicted octanol–water partition coefficient (Wildman–Crippen LogP) is 3.66. The number of carbonyl (C=O) groups excluding carboxylic acids is 1. The van der Waals surface area contributed by atoms with Crippen LogP contribution in [0.1, 0.15) is 51.9 Å². The highest BCUT2D eigenvalue weighted by atomic mass is 32.1. The molecule has 2 aromatic rings. The molecule has 0 aliphatic rings. The Balaban J connectivity index is 2.00. The molecule has 0 unspecified atom stereocenters. The van der Waals surface area contributed by atoms with Gasteiger partial charge in [0.1, 0.15) is 11.6 Å². The minimum atomic E-state index is 0.0797. The third-order valence-corrected chi connectivity index (χ3v) is 5.21. The van der Waals surface area contributed by atoms with Gasteiger partial charge in [-0.1, -0.05) is 19.1 Å². The minimum absolute atomic E-state index is 0.0797. The average Bonchev–Trinajstić information content (AvgIpc) is 3.09. The van der Waals surface area contributed by atoms with E-state index in [1.165, 1.54) is 11.5 Å². The predicted molar refractivity (Wildman–Crippen MR) is 111 cm³/mol. The molecule has 148 valence electrons. The van der Waals surface area contributed by atoms with Crippen LogP contribution in [0.25, 0.3) is 0 Å². The number of hydrogen-bond donors (Lipinski definition) is 1. The Labute approximate surface area is 166 Å². The Morgan fingerprint density at radius 3 is 2.78 bits per heavy atom. The quantitative estimate of drug-likeness (QED) is 0.671. The first-order valence-electron chi connectivity index (χ1n) is 9.44. The summed E-state index contributed by atoms with van der Waals surface area (Å²) in [6.07, 6.45) is 2.05. The Bertz CT molecular complexity index is 732. The molecule has 0 spiro atoms. The largest absolute Gasteiger partial charge is 0.497 e. The average molecular weight is 391 g/mol. The van der Waals surface area contributed by atoms with Gasteiger partial charge in [-0.2, -0.15) is 4.37 Å². The number of aromatic nitrogens is 2. The Hall–Kier alpha value is -2.15. The molecule has 27 heavy (non-hydrogen) atoms. The Morgan fingerprint density at radius 2 is 2.11 bits per heavy atom. The highest BCUT2D eigenvalue weighted by molar-refractivity contribution is 7.09. The van der Waals surface area contributed by atoms with Gasteiger partial charge in [0.25, 0.3) is 0 Å². The number of amides is 1. The molecule has 0 aliphatic carbocycles. The number of nitrogens with one attached hydrogen (secondary N) is 1. The van der Waals surface area contributed by atoms with Crippen LogP contribution in [-0.4, -0.2) is 41.0 Å². The van der Waals surface area contributed by atoms with Gasteiger partial charge in [0.15, 0.2) is 0 Å². The van der Waals surface area contributed by atoms with Crippen molar-refractivity contribution in [2.24, 2.45) is 0 Å². The van der Waals surface area contributed by atoms with Gasteiger partial charge in [-0.15, -0.1) is 0 Å². The van der Waals surface area contributed by atoms with E-state index in [2.05, 4.69) is 35.4 Å². The second-order valence-corrected chi connectivity index (χ2v) is 7.67. The summed E-state index contributed by atoms with van der Waals surface area (Å²) in [6, 6.07) is 8.40. The van der Waals surface area contributed by atoms with Crippen molar-refractivity contribution in [3.63, 3.8) is 0 Å². The molecule has 0 aliphatic heterocycles. The van der Waals surface area contributed by atoms with Crippen molar-refractivity contribution in [1.82, 2.24) is 14.7 Å². The van der Waals surface area contributed by atoms with E-state index in [9.17, 15) is 4.79 Å². The first-order chi connectivity index (χ1) is 12.9. The van der Waals surface area contributed by atoms with Crippen LogP contribution >= 0.6 is 11.5 Å². The van der Waals surface area contributed by atoms with Crippen LogP contribution in [0.3, 0.4) is 0 Å². The van der Waals surface area contributed by atoms with Crippen molar-refractivity contribution >= 4 is 22.6 Å². The summed E-state index contributed by atoms with van der Waals surface area (Å²) >= 11 is 1.39. The lowest BCUT2D eigenvalue weighted by Gasteiger charge is -2.25. The number of hydrogen-bond acceptors (Lipinski definition) is 6. The maximum absolute atomic E-state index is 12.1. The summed E-state index contributed by atoms with van der Waals surface area (Å²) in [4.78, 5) is 18.9. The van der Waals surface area contributed by atoms with Gasteiger partial charge >= 0.3 is 0 Å². The van der Waals surface area contributed by atoms with E-state index in [0.717, 1.165) is 28.7 Å². The molecule has 2 rings (SSSR count). The molecule has 1 heterocycles. The summed E-state index contributed by atoms with van der Waals surface area (Å²) in [6.45, 7) is 8.93. The smallest absolute Gasteiger partial charge is 0.221 e. The lowest BCUT2D eigenvalue weighted by molar-refractivity contribution is -0.121. The number of rotatable bonds is 10. The van der Waals surface area contributed by atoms with Crippen LogP contribution in [0.4, 0.5) is 5.13 Å². The van der Waals surface area contributed by atoms with Gasteiger partial charge in [-0.3, -0.25) is 4.79 Å². The van der Waals surface area contributed by atoms with Gasteiger partial charge < -0.3 is 15.0 Å². The molecule has 6 nitrogen and oxygen atoms in total. The highest BCUT2D eigenvalue weighted by Gasteiger charge is 2.18. The van der Waals surface area contributed by atoms with Crippen molar-refractivity contribution in [2.75, 3.05) is 18.6 Å². The third kappa shape index (κ3) is 6.50. The normalized spacial score (nSPS) is 12.1.